The van der Waals surface area contributed by atoms with E-state index in [9.17, 15) is 0 Å². The standard InChI is InChI=1S/C15H16N2O/c1-11-5-6-16-13(9-11)12-3-4-14-15(10-12)18-8-7-17(14)2/h3-6,9-10H,7-8H2,1-2H3. The van der Waals surface area contributed by atoms with Crippen LogP contribution in [0.4, 0.5) is 5.69 Å². The number of aryl methyl sites for hydroxylation is 1. The number of nitrogens with zero attached hydrogens (tertiary/aromatic N) is 2. The molecule has 3 rings (SSSR count). The Balaban J connectivity index is 2.04. The average Bonchev–Trinajstić information content (AvgIpc) is 2.39. The van der Waals surface area contributed by atoms with Crippen LogP contribution < -0.4 is 9.64 Å². The fourth-order valence-electron chi connectivity index (χ4n) is 2.21. The highest BCUT2D eigenvalue weighted by molar-refractivity contribution is 5.70. The van der Waals surface area contributed by atoms with Gasteiger partial charge in [-0.25, -0.2) is 0 Å². The monoisotopic (exact) mass is 240 g/mol. The third kappa shape index (κ3) is 1.92. The van der Waals surface area contributed by atoms with Gasteiger partial charge in [0.25, 0.3) is 0 Å². The number of pyridine rings is 1. The second-order valence-corrected chi connectivity index (χ2v) is 4.67. The maximum absolute atomic E-state index is 5.72. The molecule has 2 aromatic rings. The van der Waals surface area contributed by atoms with Crippen LogP contribution in [-0.2, 0) is 0 Å². The molecular weight excluding hydrogens is 224 g/mol. The van der Waals surface area contributed by atoms with Gasteiger partial charge < -0.3 is 9.64 Å². The van der Waals surface area contributed by atoms with Gasteiger partial charge >= 0.3 is 0 Å². The van der Waals surface area contributed by atoms with Gasteiger partial charge in [-0.2, -0.15) is 0 Å². The van der Waals surface area contributed by atoms with Crippen LogP contribution in [0.15, 0.2) is 36.5 Å². The van der Waals surface area contributed by atoms with Crippen LogP contribution in [-0.4, -0.2) is 25.2 Å². The quantitative estimate of drug-likeness (QED) is 0.766. The zero-order valence-corrected chi connectivity index (χ0v) is 10.7. The summed E-state index contributed by atoms with van der Waals surface area (Å²) in [6, 6.07) is 10.4. The second kappa shape index (κ2) is 4.33. The van der Waals surface area contributed by atoms with Crippen molar-refractivity contribution in [3.05, 3.63) is 42.1 Å². The normalized spacial score (nSPS) is 14.0. The zero-order chi connectivity index (χ0) is 12.5. The predicted octanol–water partition coefficient (Wildman–Crippen LogP) is 2.89. The van der Waals surface area contributed by atoms with Crippen LogP contribution in [0.2, 0.25) is 0 Å². The fraction of sp³-hybridized carbons (Fsp3) is 0.267. The van der Waals surface area contributed by atoms with Crippen LogP contribution >= 0.6 is 0 Å². The number of fused-ring (bicyclic) bond motifs is 1. The Labute approximate surface area is 107 Å². The Morgan fingerprint density at radius 1 is 1.22 bits per heavy atom. The largest absolute Gasteiger partial charge is 0.490 e. The van der Waals surface area contributed by atoms with Gasteiger partial charge in [-0.05, 0) is 36.8 Å². The molecular formula is C15H16N2O. The minimum Gasteiger partial charge on any atom is -0.490 e. The van der Waals surface area contributed by atoms with E-state index in [1.54, 1.807) is 0 Å². The Bertz CT molecular complexity index is 580. The van der Waals surface area contributed by atoms with E-state index < -0.39 is 0 Å². The summed E-state index contributed by atoms with van der Waals surface area (Å²) in [5.41, 5.74) is 4.47. The molecule has 1 aliphatic rings. The van der Waals surface area contributed by atoms with E-state index in [0.717, 1.165) is 35.8 Å². The van der Waals surface area contributed by atoms with E-state index in [-0.39, 0.29) is 0 Å². The molecule has 0 atom stereocenters. The molecule has 0 aliphatic carbocycles. The summed E-state index contributed by atoms with van der Waals surface area (Å²) in [5.74, 6) is 0.949. The van der Waals surface area contributed by atoms with E-state index in [4.69, 9.17) is 4.74 Å². The molecule has 0 spiro atoms. The molecule has 0 unspecified atom stereocenters. The molecule has 2 heterocycles. The zero-order valence-electron chi connectivity index (χ0n) is 10.7. The molecule has 1 aliphatic heterocycles. The van der Waals surface area contributed by atoms with E-state index in [1.165, 1.54) is 5.56 Å². The minimum absolute atomic E-state index is 0.744. The lowest BCUT2D eigenvalue weighted by atomic mass is 10.1. The minimum atomic E-state index is 0.744. The van der Waals surface area contributed by atoms with Crippen molar-refractivity contribution < 1.29 is 4.74 Å². The van der Waals surface area contributed by atoms with Crippen molar-refractivity contribution in [3.8, 4) is 17.0 Å². The number of hydrogen-bond donors (Lipinski definition) is 0. The van der Waals surface area contributed by atoms with Crippen LogP contribution in [0, 0.1) is 6.92 Å². The van der Waals surface area contributed by atoms with Crippen molar-refractivity contribution in [2.75, 3.05) is 25.1 Å². The summed E-state index contributed by atoms with van der Waals surface area (Å²) in [4.78, 5) is 6.62. The molecule has 18 heavy (non-hydrogen) atoms. The lowest BCUT2D eigenvalue weighted by Crippen LogP contribution is -2.28. The number of ether oxygens (including phenoxy) is 1. The number of aromatic nitrogens is 1. The first-order valence-corrected chi connectivity index (χ1v) is 6.15. The average molecular weight is 240 g/mol. The van der Waals surface area contributed by atoms with Crippen molar-refractivity contribution in [3.63, 3.8) is 0 Å². The lowest BCUT2D eigenvalue weighted by molar-refractivity contribution is 0.311. The maximum Gasteiger partial charge on any atom is 0.143 e. The van der Waals surface area contributed by atoms with Gasteiger partial charge in [0.15, 0.2) is 0 Å². The molecule has 3 nitrogen and oxygen atoms in total. The number of hydrogen-bond acceptors (Lipinski definition) is 3. The molecule has 0 amide bonds. The van der Waals surface area contributed by atoms with E-state index in [0.29, 0.717) is 0 Å². The molecule has 92 valence electrons. The van der Waals surface area contributed by atoms with Gasteiger partial charge in [-0.15, -0.1) is 0 Å². The number of benzene rings is 1. The highest BCUT2D eigenvalue weighted by Gasteiger charge is 2.15. The van der Waals surface area contributed by atoms with Crippen LogP contribution in [0.5, 0.6) is 5.75 Å². The summed E-state index contributed by atoms with van der Waals surface area (Å²) >= 11 is 0. The molecule has 3 heteroatoms. The van der Waals surface area contributed by atoms with E-state index >= 15 is 0 Å². The first kappa shape index (κ1) is 11.1. The number of likely N-dealkylation sites (N-methyl/N-ethyl adjacent to an activating group) is 1. The molecule has 0 radical (unpaired) electrons. The Kier molecular flexibility index (Phi) is 2.67. The topological polar surface area (TPSA) is 25.4 Å². The van der Waals surface area contributed by atoms with Gasteiger partial charge in [-0.3, -0.25) is 4.98 Å². The molecule has 1 aromatic heterocycles. The third-order valence-corrected chi connectivity index (χ3v) is 3.27. The van der Waals surface area contributed by atoms with Crippen molar-refractivity contribution in [1.29, 1.82) is 0 Å². The molecule has 0 fully saturated rings. The van der Waals surface area contributed by atoms with Gasteiger partial charge in [0.05, 0.1) is 17.9 Å². The summed E-state index contributed by atoms with van der Waals surface area (Å²) < 4.78 is 5.72. The first-order valence-electron chi connectivity index (χ1n) is 6.15. The van der Waals surface area contributed by atoms with Gasteiger partial charge in [-0.1, -0.05) is 6.07 Å². The summed E-state index contributed by atoms with van der Waals surface area (Å²) in [6.45, 7) is 3.76. The first-order chi connectivity index (χ1) is 8.74. The predicted molar refractivity (Wildman–Crippen MR) is 73.2 cm³/mol. The number of rotatable bonds is 1. The molecule has 0 saturated carbocycles. The van der Waals surface area contributed by atoms with Gasteiger partial charge in [0.2, 0.25) is 0 Å². The summed E-state index contributed by atoms with van der Waals surface area (Å²) in [6.07, 6.45) is 1.84. The fourth-order valence-corrected chi connectivity index (χ4v) is 2.21. The Hall–Kier alpha value is -2.03. The van der Waals surface area contributed by atoms with Crippen LogP contribution in [0.3, 0.4) is 0 Å². The second-order valence-electron chi connectivity index (χ2n) is 4.67. The van der Waals surface area contributed by atoms with Crippen molar-refractivity contribution in [2.45, 2.75) is 6.92 Å². The van der Waals surface area contributed by atoms with E-state index in [2.05, 4.69) is 48.1 Å². The Morgan fingerprint density at radius 2 is 2.11 bits per heavy atom. The summed E-state index contributed by atoms with van der Waals surface area (Å²) in [5, 5.41) is 0. The van der Waals surface area contributed by atoms with Crippen molar-refractivity contribution in [1.82, 2.24) is 4.98 Å². The van der Waals surface area contributed by atoms with Gasteiger partial charge in [0.1, 0.15) is 12.4 Å². The summed E-state index contributed by atoms with van der Waals surface area (Å²) in [7, 11) is 2.09. The smallest absolute Gasteiger partial charge is 0.143 e. The highest BCUT2D eigenvalue weighted by Crippen LogP contribution is 2.34. The molecule has 0 bridgehead atoms. The maximum atomic E-state index is 5.72. The van der Waals surface area contributed by atoms with Crippen molar-refractivity contribution >= 4 is 5.69 Å². The molecule has 0 saturated heterocycles. The molecule has 1 aromatic carbocycles. The molecule has 0 N–H and O–H groups in total. The third-order valence-electron chi connectivity index (χ3n) is 3.27. The highest BCUT2D eigenvalue weighted by atomic mass is 16.5. The number of anilines is 1. The van der Waals surface area contributed by atoms with Crippen LogP contribution in [0.1, 0.15) is 5.56 Å². The van der Waals surface area contributed by atoms with Crippen LogP contribution in [0.25, 0.3) is 11.3 Å². The lowest BCUT2D eigenvalue weighted by Gasteiger charge is -2.27. The Morgan fingerprint density at radius 3 is 2.94 bits per heavy atom. The SMILES string of the molecule is Cc1ccnc(-c2ccc3c(c2)OCCN3C)c1. The van der Waals surface area contributed by atoms with E-state index in [1.807, 2.05) is 12.3 Å². The van der Waals surface area contributed by atoms with Crippen molar-refractivity contribution in [2.24, 2.45) is 0 Å². The van der Waals surface area contributed by atoms with Gasteiger partial charge in [0, 0.05) is 18.8 Å².